The molecule has 0 saturated carbocycles. The van der Waals surface area contributed by atoms with Crippen LogP contribution in [0.25, 0.3) is 11.4 Å². The molecule has 6 nitrogen and oxygen atoms in total. The minimum Gasteiger partial charge on any atom is -0.299 e. The number of fused-ring (bicyclic) bond motifs is 5. The van der Waals surface area contributed by atoms with Crippen LogP contribution in [0, 0.1) is 18.3 Å². The van der Waals surface area contributed by atoms with Crippen LogP contribution in [0.2, 0.25) is 0 Å². The molecule has 6 heteroatoms. The van der Waals surface area contributed by atoms with Crippen molar-refractivity contribution in [1.29, 1.82) is 5.26 Å². The maximum atomic E-state index is 9.23. The minimum atomic E-state index is 0.453. The van der Waals surface area contributed by atoms with Crippen molar-refractivity contribution in [1.82, 2.24) is 24.5 Å². The quantitative estimate of drug-likeness (QED) is 0.482. The summed E-state index contributed by atoms with van der Waals surface area (Å²) in [5.41, 5.74) is 5.10. The number of nitrogens with zero attached hydrogens (tertiary/aromatic N) is 6. The molecule has 0 aliphatic carbocycles. The van der Waals surface area contributed by atoms with Gasteiger partial charge in [0.05, 0.1) is 28.5 Å². The molecule has 0 atom stereocenters. The Labute approximate surface area is 114 Å². The highest BCUT2D eigenvalue weighted by molar-refractivity contribution is 5.56. The van der Waals surface area contributed by atoms with Crippen molar-refractivity contribution in [3.63, 3.8) is 0 Å². The first-order valence-corrected chi connectivity index (χ1v) is 6.27. The highest BCUT2D eigenvalue weighted by atomic mass is 15.4. The third-order valence-electron chi connectivity index (χ3n) is 3.63. The zero-order chi connectivity index (χ0) is 13.7. The van der Waals surface area contributed by atoms with Gasteiger partial charge in [-0.15, -0.1) is 5.10 Å². The van der Waals surface area contributed by atoms with Gasteiger partial charge in [-0.25, -0.2) is 9.67 Å². The fourth-order valence-electron chi connectivity index (χ4n) is 2.62. The lowest BCUT2D eigenvalue weighted by Gasteiger charge is -2.08. The van der Waals surface area contributed by atoms with Gasteiger partial charge in [0.15, 0.2) is 5.69 Å². The van der Waals surface area contributed by atoms with E-state index in [-0.39, 0.29) is 0 Å². The van der Waals surface area contributed by atoms with Crippen LogP contribution in [0.5, 0.6) is 0 Å². The van der Waals surface area contributed by atoms with Gasteiger partial charge in [0.25, 0.3) is 0 Å². The number of aromatic nitrogens is 5. The van der Waals surface area contributed by atoms with Gasteiger partial charge in [0, 0.05) is 6.42 Å². The highest BCUT2D eigenvalue weighted by Gasteiger charge is 2.24. The van der Waals surface area contributed by atoms with E-state index in [2.05, 4.69) is 21.4 Å². The number of rotatable bonds is 0. The molecule has 96 valence electrons. The molecule has 1 aromatic carbocycles. The highest BCUT2D eigenvalue weighted by Crippen LogP contribution is 2.29. The molecular weight excluding hydrogens is 252 g/mol. The molecule has 0 fully saturated rings. The Morgan fingerprint density at radius 3 is 2.80 bits per heavy atom. The summed E-state index contributed by atoms with van der Waals surface area (Å²) in [6.45, 7) is 1.93. The van der Waals surface area contributed by atoms with E-state index >= 15 is 0 Å². The van der Waals surface area contributed by atoms with Gasteiger partial charge in [-0.3, -0.25) is 4.57 Å². The molecule has 3 heterocycles. The molecule has 0 unspecified atom stereocenters. The van der Waals surface area contributed by atoms with Crippen molar-refractivity contribution in [2.24, 2.45) is 0 Å². The van der Waals surface area contributed by atoms with E-state index in [1.165, 1.54) is 0 Å². The summed E-state index contributed by atoms with van der Waals surface area (Å²) >= 11 is 0. The van der Waals surface area contributed by atoms with Gasteiger partial charge >= 0.3 is 0 Å². The Kier molecular flexibility index (Phi) is 2.06. The molecule has 2 aromatic heterocycles. The van der Waals surface area contributed by atoms with Crippen molar-refractivity contribution in [2.45, 2.75) is 13.3 Å². The number of hydrogen-bond acceptors (Lipinski definition) is 4. The van der Waals surface area contributed by atoms with E-state index in [9.17, 15) is 5.26 Å². The molecule has 0 N–H and O–H groups in total. The van der Waals surface area contributed by atoms with E-state index in [1.807, 2.05) is 40.4 Å². The maximum absolute atomic E-state index is 9.23. The van der Waals surface area contributed by atoms with Gasteiger partial charge < -0.3 is 0 Å². The Morgan fingerprint density at radius 2 is 2.00 bits per heavy atom. The first-order chi connectivity index (χ1) is 9.79. The lowest BCUT2D eigenvalue weighted by Crippen LogP contribution is -2.02. The Hall–Kier alpha value is -2.94. The molecule has 0 amide bonds. The summed E-state index contributed by atoms with van der Waals surface area (Å²) in [6, 6.07) is 10.1. The number of nitriles is 1. The average Bonchev–Trinajstić information content (AvgIpc) is 3.01. The fraction of sp³-hybridized carbons (Fsp3) is 0.143. The number of benzene rings is 1. The first kappa shape index (κ1) is 10.9. The summed E-state index contributed by atoms with van der Waals surface area (Å²) in [5.74, 6) is 0. The van der Waals surface area contributed by atoms with Crippen LogP contribution in [0.15, 0.2) is 30.6 Å². The lowest BCUT2D eigenvalue weighted by molar-refractivity contribution is 0.777. The fourth-order valence-corrected chi connectivity index (χ4v) is 2.62. The second kappa shape index (κ2) is 3.78. The van der Waals surface area contributed by atoms with E-state index in [1.54, 1.807) is 6.33 Å². The molecular formula is C14H10N6. The smallest absolute Gasteiger partial charge is 0.162 e. The zero-order valence-corrected chi connectivity index (χ0v) is 10.8. The number of aryl methyl sites for hydroxylation is 1. The zero-order valence-electron chi connectivity index (χ0n) is 10.8. The largest absolute Gasteiger partial charge is 0.299 e. The molecule has 4 rings (SSSR count). The number of hydrogen-bond donors (Lipinski definition) is 0. The molecule has 20 heavy (non-hydrogen) atoms. The summed E-state index contributed by atoms with van der Waals surface area (Å²) in [5, 5.41) is 17.6. The van der Waals surface area contributed by atoms with E-state index < -0.39 is 0 Å². The Morgan fingerprint density at radius 1 is 1.20 bits per heavy atom. The molecule has 0 bridgehead atoms. The summed E-state index contributed by atoms with van der Waals surface area (Å²) in [6.07, 6.45) is 2.29. The molecule has 0 saturated heterocycles. The first-order valence-electron chi connectivity index (χ1n) is 6.27. The van der Waals surface area contributed by atoms with E-state index in [0.29, 0.717) is 12.1 Å². The molecule has 3 aromatic rings. The third-order valence-corrected chi connectivity index (χ3v) is 3.63. The second-order valence-electron chi connectivity index (χ2n) is 4.72. The predicted octanol–water partition coefficient (Wildman–Crippen LogP) is 1.54. The second-order valence-corrected chi connectivity index (χ2v) is 4.72. The molecule has 0 spiro atoms. The maximum Gasteiger partial charge on any atom is 0.162 e. The number of para-hydroxylation sites is 2. The molecule has 1 aliphatic heterocycles. The van der Waals surface area contributed by atoms with Crippen molar-refractivity contribution < 1.29 is 0 Å². The van der Waals surface area contributed by atoms with Crippen LogP contribution < -0.4 is 0 Å². The summed E-state index contributed by atoms with van der Waals surface area (Å²) in [4.78, 5) is 4.20. The van der Waals surface area contributed by atoms with Gasteiger partial charge in [0.2, 0.25) is 0 Å². The topological polar surface area (TPSA) is 72.3 Å². The predicted molar refractivity (Wildman–Crippen MR) is 70.7 cm³/mol. The van der Waals surface area contributed by atoms with Crippen LogP contribution in [0.4, 0.5) is 0 Å². The van der Waals surface area contributed by atoms with Crippen LogP contribution in [0.1, 0.15) is 22.8 Å². The van der Waals surface area contributed by atoms with Crippen molar-refractivity contribution in [3.05, 3.63) is 53.4 Å². The van der Waals surface area contributed by atoms with Crippen molar-refractivity contribution in [3.8, 4) is 17.4 Å². The van der Waals surface area contributed by atoms with Gasteiger partial charge in [-0.2, -0.15) is 5.26 Å². The van der Waals surface area contributed by atoms with Crippen LogP contribution in [0.3, 0.4) is 0 Å². The summed E-state index contributed by atoms with van der Waals surface area (Å²) < 4.78 is 3.81. The average molecular weight is 262 g/mol. The normalized spacial score (nSPS) is 12.0. The van der Waals surface area contributed by atoms with E-state index in [0.717, 1.165) is 28.5 Å². The lowest BCUT2D eigenvalue weighted by atomic mass is 10.2. The monoisotopic (exact) mass is 262 g/mol. The van der Waals surface area contributed by atoms with Gasteiger partial charge in [0.1, 0.15) is 12.4 Å². The van der Waals surface area contributed by atoms with Gasteiger partial charge in [-0.05, 0) is 19.1 Å². The molecule has 1 aliphatic rings. The van der Waals surface area contributed by atoms with Crippen LogP contribution in [-0.2, 0) is 6.42 Å². The SMILES string of the molecule is Cc1nnn2c1Cc1c(C#N)ncn1-c1ccccc1-2. The van der Waals surface area contributed by atoms with E-state index in [4.69, 9.17) is 0 Å². The van der Waals surface area contributed by atoms with Crippen molar-refractivity contribution in [2.75, 3.05) is 0 Å². The van der Waals surface area contributed by atoms with Crippen LogP contribution >= 0.6 is 0 Å². The van der Waals surface area contributed by atoms with Crippen LogP contribution in [-0.4, -0.2) is 24.5 Å². The summed E-state index contributed by atoms with van der Waals surface area (Å²) in [7, 11) is 0. The van der Waals surface area contributed by atoms with Crippen molar-refractivity contribution >= 4 is 0 Å². The minimum absolute atomic E-state index is 0.453. The third kappa shape index (κ3) is 1.29. The Bertz CT molecular complexity index is 864. The van der Waals surface area contributed by atoms with Gasteiger partial charge in [-0.1, -0.05) is 17.3 Å². The number of imidazole rings is 1. The Balaban J connectivity index is 2.13. The standard InChI is InChI=1S/C14H10N6/c1-9-13-6-14-10(7-15)16-8-19(14)11-4-2-3-5-12(11)20(13)18-17-9/h2-5,8H,6H2,1H3. The molecule has 0 radical (unpaired) electrons.